The number of hydrogen-bond donors (Lipinski definition) is 0. The van der Waals surface area contributed by atoms with Crippen LogP contribution in [0.2, 0.25) is 0 Å². The third-order valence-corrected chi connectivity index (χ3v) is 5.91. The number of aryl methyl sites for hydroxylation is 1. The van der Waals surface area contributed by atoms with Crippen molar-refractivity contribution in [3.8, 4) is 17.0 Å². The van der Waals surface area contributed by atoms with E-state index in [0.717, 1.165) is 16.9 Å². The highest BCUT2D eigenvalue weighted by Gasteiger charge is 2.21. The fraction of sp³-hybridized carbons (Fsp3) is 0.435. The molecule has 0 spiro atoms. The van der Waals surface area contributed by atoms with Crippen LogP contribution in [0.1, 0.15) is 24.6 Å². The Morgan fingerprint density at radius 2 is 1.97 bits per heavy atom. The molecule has 1 fully saturated rings. The third-order valence-electron chi connectivity index (χ3n) is 5.91. The molecule has 0 N–H and O–H groups in total. The molecule has 1 aliphatic rings. The SMILES string of the molecule is CCn1c(C)c(CCC(=O)N2CCOCC2)c(=O)n2nc(-c3ccccc3OC)cc12. The van der Waals surface area contributed by atoms with Gasteiger partial charge in [0.15, 0.2) is 0 Å². The lowest BCUT2D eigenvalue weighted by Crippen LogP contribution is -2.41. The van der Waals surface area contributed by atoms with E-state index >= 15 is 0 Å². The molecule has 4 rings (SSSR count). The first-order valence-corrected chi connectivity index (χ1v) is 10.7. The summed E-state index contributed by atoms with van der Waals surface area (Å²) >= 11 is 0. The third kappa shape index (κ3) is 3.95. The smallest absolute Gasteiger partial charge is 0.277 e. The highest BCUT2D eigenvalue weighted by atomic mass is 16.5. The summed E-state index contributed by atoms with van der Waals surface area (Å²) < 4.78 is 14.3. The molecular formula is C23H28N4O4. The van der Waals surface area contributed by atoms with E-state index in [1.807, 2.05) is 49.1 Å². The number of aromatic nitrogens is 3. The molecule has 1 aliphatic heterocycles. The van der Waals surface area contributed by atoms with Gasteiger partial charge in [-0.3, -0.25) is 9.59 Å². The summed E-state index contributed by atoms with van der Waals surface area (Å²) in [5, 5.41) is 4.61. The van der Waals surface area contributed by atoms with Gasteiger partial charge >= 0.3 is 0 Å². The van der Waals surface area contributed by atoms with E-state index in [0.29, 0.717) is 62.7 Å². The van der Waals surface area contributed by atoms with Crippen LogP contribution in [0.4, 0.5) is 0 Å². The monoisotopic (exact) mass is 424 g/mol. The molecule has 0 unspecified atom stereocenters. The van der Waals surface area contributed by atoms with E-state index < -0.39 is 0 Å². The van der Waals surface area contributed by atoms with Crippen molar-refractivity contribution in [1.29, 1.82) is 0 Å². The number of fused-ring (bicyclic) bond motifs is 1. The Bertz CT molecular complexity index is 1160. The van der Waals surface area contributed by atoms with Crippen molar-refractivity contribution in [2.24, 2.45) is 0 Å². The number of hydrogen-bond acceptors (Lipinski definition) is 5. The molecule has 0 radical (unpaired) electrons. The predicted molar refractivity (Wildman–Crippen MR) is 118 cm³/mol. The van der Waals surface area contributed by atoms with Gasteiger partial charge in [0, 0.05) is 48.9 Å². The summed E-state index contributed by atoms with van der Waals surface area (Å²) in [6, 6.07) is 9.53. The van der Waals surface area contributed by atoms with Crippen LogP contribution in [0.15, 0.2) is 35.1 Å². The average molecular weight is 425 g/mol. The highest BCUT2D eigenvalue weighted by molar-refractivity contribution is 5.76. The number of methoxy groups -OCH3 is 1. The number of nitrogens with zero attached hydrogens (tertiary/aromatic N) is 4. The van der Waals surface area contributed by atoms with Crippen LogP contribution in [-0.4, -0.2) is 58.4 Å². The fourth-order valence-corrected chi connectivity index (χ4v) is 4.21. The number of para-hydroxylation sites is 1. The lowest BCUT2D eigenvalue weighted by Gasteiger charge is -2.27. The van der Waals surface area contributed by atoms with Crippen LogP contribution in [0.25, 0.3) is 16.9 Å². The number of carbonyl (C=O) groups is 1. The molecule has 0 bridgehead atoms. The maximum atomic E-state index is 13.3. The second-order valence-corrected chi connectivity index (χ2v) is 7.61. The first-order chi connectivity index (χ1) is 15.0. The van der Waals surface area contributed by atoms with Crippen molar-refractivity contribution in [3.05, 3.63) is 51.9 Å². The second kappa shape index (κ2) is 8.93. The minimum atomic E-state index is -0.173. The van der Waals surface area contributed by atoms with Crippen molar-refractivity contribution < 1.29 is 14.3 Å². The molecule has 1 amide bonds. The number of rotatable bonds is 6. The maximum Gasteiger partial charge on any atom is 0.277 e. The molecule has 8 heteroatoms. The second-order valence-electron chi connectivity index (χ2n) is 7.61. The van der Waals surface area contributed by atoms with E-state index in [2.05, 4.69) is 9.67 Å². The van der Waals surface area contributed by atoms with E-state index in [1.165, 1.54) is 4.52 Å². The Morgan fingerprint density at radius 3 is 2.68 bits per heavy atom. The van der Waals surface area contributed by atoms with Crippen molar-refractivity contribution >= 4 is 11.6 Å². The predicted octanol–water partition coefficient (Wildman–Crippen LogP) is 2.29. The van der Waals surface area contributed by atoms with Gasteiger partial charge in [-0.25, -0.2) is 0 Å². The van der Waals surface area contributed by atoms with Gasteiger partial charge in [0.25, 0.3) is 5.56 Å². The molecule has 0 atom stereocenters. The zero-order valence-corrected chi connectivity index (χ0v) is 18.3. The van der Waals surface area contributed by atoms with Crippen molar-refractivity contribution in [2.45, 2.75) is 33.2 Å². The Kier molecular flexibility index (Phi) is 6.08. The summed E-state index contributed by atoms with van der Waals surface area (Å²) in [6.07, 6.45) is 0.687. The summed E-state index contributed by atoms with van der Waals surface area (Å²) in [5.41, 5.74) is 3.57. The Morgan fingerprint density at radius 1 is 1.23 bits per heavy atom. The molecule has 3 aromatic rings. The van der Waals surface area contributed by atoms with Gasteiger partial charge in [-0.15, -0.1) is 0 Å². The lowest BCUT2D eigenvalue weighted by atomic mass is 10.1. The number of amides is 1. The largest absolute Gasteiger partial charge is 0.496 e. The van der Waals surface area contributed by atoms with Crippen LogP contribution in [0.5, 0.6) is 5.75 Å². The first kappa shape index (κ1) is 21.1. The minimum Gasteiger partial charge on any atom is -0.496 e. The zero-order chi connectivity index (χ0) is 22.0. The van der Waals surface area contributed by atoms with Gasteiger partial charge in [0.1, 0.15) is 11.4 Å². The summed E-state index contributed by atoms with van der Waals surface area (Å²) in [7, 11) is 1.62. The quantitative estimate of drug-likeness (QED) is 0.607. The molecule has 164 valence electrons. The Balaban J connectivity index is 1.72. The van der Waals surface area contributed by atoms with Crippen LogP contribution in [-0.2, 0) is 22.5 Å². The summed E-state index contributed by atoms with van der Waals surface area (Å²) in [6.45, 7) is 7.02. The van der Waals surface area contributed by atoms with E-state index in [9.17, 15) is 9.59 Å². The number of ether oxygens (including phenoxy) is 2. The van der Waals surface area contributed by atoms with Gasteiger partial charge in [-0.2, -0.15) is 9.61 Å². The van der Waals surface area contributed by atoms with Gasteiger partial charge in [-0.1, -0.05) is 12.1 Å². The number of benzene rings is 1. The normalized spacial score (nSPS) is 14.2. The van der Waals surface area contributed by atoms with E-state index in [1.54, 1.807) is 7.11 Å². The van der Waals surface area contributed by atoms with Crippen LogP contribution < -0.4 is 10.3 Å². The standard InChI is InChI=1S/C23H28N4O4/c1-4-26-16(2)17(9-10-22(28)25-11-13-31-14-12-25)23(29)27-21(26)15-19(24-27)18-7-5-6-8-20(18)30-3/h5-8,15H,4,9-14H2,1-3H3. The molecule has 2 aromatic heterocycles. The van der Waals surface area contributed by atoms with Crippen molar-refractivity contribution in [1.82, 2.24) is 19.1 Å². The zero-order valence-electron chi connectivity index (χ0n) is 18.3. The Labute approximate surface area is 181 Å². The van der Waals surface area contributed by atoms with Crippen LogP contribution >= 0.6 is 0 Å². The molecular weight excluding hydrogens is 396 g/mol. The van der Waals surface area contributed by atoms with Crippen molar-refractivity contribution in [3.63, 3.8) is 0 Å². The lowest BCUT2D eigenvalue weighted by molar-refractivity contribution is -0.135. The van der Waals surface area contributed by atoms with Crippen molar-refractivity contribution in [2.75, 3.05) is 33.4 Å². The van der Waals surface area contributed by atoms with Gasteiger partial charge < -0.3 is 18.9 Å². The fourth-order valence-electron chi connectivity index (χ4n) is 4.21. The summed E-state index contributed by atoms with van der Waals surface area (Å²) in [4.78, 5) is 27.7. The molecule has 1 aromatic carbocycles. The maximum absolute atomic E-state index is 13.3. The molecule has 31 heavy (non-hydrogen) atoms. The molecule has 8 nitrogen and oxygen atoms in total. The van der Waals surface area contributed by atoms with Gasteiger partial charge in [0.2, 0.25) is 5.91 Å². The highest BCUT2D eigenvalue weighted by Crippen LogP contribution is 2.29. The van der Waals surface area contributed by atoms with Crippen LogP contribution in [0, 0.1) is 6.92 Å². The molecule has 3 heterocycles. The van der Waals surface area contributed by atoms with E-state index in [-0.39, 0.29) is 11.5 Å². The molecule has 0 saturated carbocycles. The van der Waals surface area contributed by atoms with E-state index in [4.69, 9.17) is 9.47 Å². The number of carbonyl (C=O) groups excluding carboxylic acids is 1. The summed E-state index contributed by atoms with van der Waals surface area (Å²) in [5.74, 6) is 0.759. The minimum absolute atomic E-state index is 0.0559. The van der Waals surface area contributed by atoms with Gasteiger partial charge in [-0.05, 0) is 32.4 Å². The Hall–Kier alpha value is -3.13. The van der Waals surface area contributed by atoms with Gasteiger partial charge in [0.05, 0.1) is 26.0 Å². The first-order valence-electron chi connectivity index (χ1n) is 10.7. The van der Waals surface area contributed by atoms with Crippen LogP contribution in [0.3, 0.4) is 0 Å². The molecule has 0 aliphatic carbocycles. The topological polar surface area (TPSA) is 78.1 Å². The number of morpholine rings is 1. The molecule has 1 saturated heterocycles. The average Bonchev–Trinajstić information content (AvgIpc) is 3.25.